The van der Waals surface area contributed by atoms with Crippen LogP contribution in [0.3, 0.4) is 0 Å². The molecule has 0 unspecified atom stereocenters. The van der Waals surface area contributed by atoms with Crippen LogP contribution in [-0.4, -0.2) is 29.9 Å². The van der Waals surface area contributed by atoms with Crippen LogP contribution >= 0.6 is 15.9 Å². The average molecular weight is 817 g/mol. The Hall–Kier alpha value is -7.56. The average Bonchev–Trinajstić information content (AvgIpc) is 3.30. The van der Waals surface area contributed by atoms with Gasteiger partial charge >= 0.3 is 0 Å². The SMILES string of the molecule is [O-]c1c([O-])c(-c2ccc(-c3cc(-c4ccccn4)nc(-c4ccccn4)c3)cc2)c(Br)c(-c2ccc(-c3cc(-c4ccccn4)nc(-c4ccccn4)c3)cc2)c1[O-]. The zero-order valence-electron chi connectivity index (χ0n) is 30.5. The van der Waals surface area contributed by atoms with E-state index in [2.05, 4.69) is 35.9 Å². The minimum Gasteiger partial charge on any atom is -0.873 e. The van der Waals surface area contributed by atoms with Crippen LogP contribution < -0.4 is 15.3 Å². The minimum atomic E-state index is -1.09. The summed E-state index contributed by atoms with van der Waals surface area (Å²) in [4.78, 5) is 27.7. The highest BCUT2D eigenvalue weighted by atomic mass is 79.9. The van der Waals surface area contributed by atoms with Crippen molar-refractivity contribution in [2.75, 3.05) is 0 Å². The van der Waals surface area contributed by atoms with E-state index in [4.69, 9.17) is 9.97 Å². The summed E-state index contributed by atoms with van der Waals surface area (Å²) in [6.07, 6.45) is 6.88. The molecule has 278 valence electrons. The molecule has 9 aromatic rings. The molecule has 0 N–H and O–H groups in total. The van der Waals surface area contributed by atoms with Crippen molar-refractivity contribution in [3.63, 3.8) is 0 Å². The molecule has 6 aromatic heterocycles. The minimum absolute atomic E-state index is 0.113. The summed E-state index contributed by atoms with van der Waals surface area (Å²) in [5, 5.41) is 40.3. The largest absolute Gasteiger partial charge is 0.873 e. The summed E-state index contributed by atoms with van der Waals surface area (Å²) in [5.74, 6) is -2.83. The lowest BCUT2D eigenvalue weighted by Gasteiger charge is -2.33. The van der Waals surface area contributed by atoms with Gasteiger partial charge in [0, 0.05) is 29.3 Å². The van der Waals surface area contributed by atoms with Gasteiger partial charge in [-0.2, -0.15) is 0 Å². The Morgan fingerprint density at radius 2 is 0.603 bits per heavy atom. The number of hydrogen-bond donors (Lipinski definition) is 0. The fraction of sp³-hybridized carbons (Fsp3) is 0. The highest BCUT2D eigenvalue weighted by Gasteiger charge is 2.16. The molecule has 0 aliphatic carbocycles. The molecule has 6 heterocycles. The van der Waals surface area contributed by atoms with Crippen LogP contribution in [0.25, 0.3) is 90.1 Å². The van der Waals surface area contributed by atoms with Crippen molar-refractivity contribution < 1.29 is 15.3 Å². The molecule has 0 saturated carbocycles. The van der Waals surface area contributed by atoms with E-state index in [0.29, 0.717) is 56.7 Å². The summed E-state index contributed by atoms with van der Waals surface area (Å²) >= 11 is 3.58. The summed E-state index contributed by atoms with van der Waals surface area (Å²) < 4.78 is 0.250. The first-order chi connectivity index (χ1) is 28.4. The fourth-order valence-corrected chi connectivity index (χ4v) is 7.62. The number of hydrogen-bond acceptors (Lipinski definition) is 9. The molecule has 0 aliphatic heterocycles. The summed E-state index contributed by atoms with van der Waals surface area (Å²) in [7, 11) is 0. The van der Waals surface area contributed by atoms with Crippen LogP contribution in [0.4, 0.5) is 0 Å². The van der Waals surface area contributed by atoms with Gasteiger partial charge in [-0.1, -0.05) is 72.8 Å². The maximum absolute atomic E-state index is 13.5. The van der Waals surface area contributed by atoms with Crippen LogP contribution in [0.15, 0.2) is 175 Å². The molecule has 0 atom stereocenters. The summed E-state index contributed by atoms with van der Waals surface area (Å²) in [6.45, 7) is 0. The molecule has 0 spiro atoms. The molecule has 9 nitrogen and oxygen atoms in total. The lowest BCUT2D eigenvalue weighted by atomic mass is 9.93. The Kier molecular flexibility index (Phi) is 9.66. The van der Waals surface area contributed by atoms with E-state index >= 15 is 0 Å². The predicted octanol–water partition coefficient (Wildman–Crippen LogP) is 9.38. The van der Waals surface area contributed by atoms with Gasteiger partial charge in [-0.25, -0.2) is 9.97 Å². The molecule has 0 bridgehead atoms. The van der Waals surface area contributed by atoms with Gasteiger partial charge in [0.05, 0.1) is 45.6 Å². The summed E-state index contributed by atoms with van der Waals surface area (Å²) in [5.41, 5.74) is 10.2. The quantitative estimate of drug-likeness (QED) is 0.146. The Morgan fingerprint density at radius 1 is 0.310 bits per heavy atom. The molecule has 3 aromatic carbocycles. The van der Waals surface area contributed by atoms with Gasteiger partial charge in [-0.3, -0.25) is 19.9 Å². The van der Waals surface area contributed by atoms with Gasteiger partial charge in [-0.05, 0) is 133 Å². The molecule has 9 rings (SSSR count). The Bertz CT molecular complexity index is 2590. The zero-order chi connectivity index (χ0) is 39.6. The molecule has 0 amide bonds. The van der Waals surface area contributed by atoms with Crippen molar-refractivity contribution >= 4 is 15.9 Å². The van der Waals surface area contributed by atoms with Crippen molar-refractivity contribution in [1.29, 1.82) is 0 Å². The number of aromatic nitrogens is 6. The first-order valence-electron chi connectivity index (χ1n) is 18.2. The monoisotopic (exact) mass is 815 g/mol. The Balaban J connectivity index is 1.08. The van der Waals surface area contributed by atoms with E-state index in [1.165, 1.54) is 0 Å². The standard InChI is InChI=1S/C48H31BrN6O3/c49-45-43(31-17-13-29(14-18-31)33-25-39(35-9-1-5-21-50-35)54-40(26-33)36-10-2-6-22-51-36)46(56)48(58)47(57)44(45)32-19-15-30(16-20-32)34-27-41(37-11-3-7-23-52-37)55-42(28-34)38-12-4-8-24-53-38/h1-28,56-58H/p-3. The highest BCUT2D eigenvalue weighted by Crippen LogP contribution is 2.51. The third-order valence-corrected chi connectivity index (χ3v) is 10.5. The van der Waals surface area contributed by atoms with Gasteiger partial charge in [-0.15, -0.1) is 17.2 Å². The number of benzene rings is 3. The van der Waals surface area contributed by atoms with Crippen molar-refractivity contribution in [2.45, 2.75) is 0 Å². The van der Waals surface area contributed by atoms with Gasteiger partial charge in [0.15, 0.2) is 0 Å². The first kappa shape index (κ1) is 36.1. The summed E-state index contributed by atoms with van der Waals surface area (Å²) in [6, 6.07) is 45.0. The zero-order valence-corrected chi connectivity index (χ0v) is 32.0. The maximum Gasteiger partial charge on any atom is 0.0900 e. The topological polar surface area (TPSA) is 147 Å². The van der Waals surface area contributed by atoms with Crippen LogP contribution in [0.5, 0.6) is 17.2 Å². The number of nitrogens with zero attached hydrogens (tertiary/aromatic N) is 6. The van der Waals surface area contributed by atoms with Gasteiger partial charge in [0.2, 0.25) is 0 Å². The molecule has 10 heteroatoms. The Morgan fingerprint density at radius 3 is 0.879 bits per heavy atom. The van der Waals surface area contributed by atoms with Crippen molar-refractivity contribution in [3.8, 4) is 107 Å². The van der Waals surface area contributed by atoms with E-state index in [0.717, 1.165) is 22.3 Å². The third kappa shape index (κ3) is 7.04. The lowest BCUT2D eigenvalue weighted by Crippen LogP contribution is -2.08. The van der Waals surface area contributed by atoms with E-state index in [9.17, 15) is 15.3 Å². The van der Waals surface area contributed by atoms with E-state index < -0.39 is 17.2 Å². The second kappa shape index (κ2) is 15.5. The second-order valence-electron chi connectivity index (χ2n) is 13.3. The highest BCUT2D eigenvalue weighted by molar-refractivity contribution is 9.10. The van der Waals surface area contributed by atoms with Crippen LogP contribution in [0.2, 0.25) is 0 Å². The van der Waals surface area contributed by atoms with Crippen LogP contribution in [0, 0.1) is 0 Å². The maximum atomic E-state index is 13.5. The fourth-order valence-electron chi connectivity index (χ4n) is 6.81. The van der Waals surface area contributed by atoms with E-state index in [1.54, 1.807) is 49.1 Å². The molecule has 0 aliphatic rings. The number of rotatable bonds is 8. The van der Waals surface area contributed by atoms with Crippen LogP contribution in [-0.2, 0) is 0 Å². The normalized spacial score (nSPS) is 11.1. The molecule has 0 radical (unpaired) electrons. The van der Waals surface area contributed by atoms with Crippen molar-refractivity contribution in [2.24, 2.45) is 0 Å². The first-order valence-corrected chi connectivity index (χ1v) is 19.0. The van der Waals surface area contributed by atoms with Gasteiger partial charge < -0.3 is 15.3 Å². The van der Waals surface area contributed by atoms with Gasteiger partial charge in [0.1, 0.15) is 0 Å². The molecule has 0 saturated heterocycles. The second-order valence-corrected chi connectivity index (χ2v) is 14.1. The molecular formula is C48H28BrN6O3-3. The number of halogens is 1. The lowest BCUT2D eigenvalue weighted by molar-refractivity contribution is -0.340. The molecular weight excluding hydrogens is 788 g/mol. The molecule has 0 fully saturated rings. The third-order valence-electron chi connectivity index (χ3n) is 9.68. The molecule has 58 heavy (non-hydrogen) atoms. The smallest absolute Gasteiger partial charge is 0.0900 e. The van der Waals surface area contributed by atoms with E-state index in [-0.39, 0.29) is 15.6 Å². The predicted molar refractivity (Wildman–Crippen MR) is 223 cm³/mol. The van der Waals surface area contributed by atoms with E-state index in [1.807, 2.05) is 121 Å². The Labute approximate surface area is 341 Å². The van der Waals surface area contributed by atoms with Crippen molar-refractivity contribution in [3.05, 3.63) is 175 Å². The van der Waals surface area contributed by atoms with Crippen molar-refractivity contribution in [1.82, 2.24) is 29.9 Å². The van der Waals surface area contributed by atoms with Crippen LogP contribution in [0.1, 0.15) is 0 Å². The van der Waals surface area contributed by atoms with Gasteiger partial charge in [0.25, 0.3) is 0 Å². The number of pyridine rings is 6.